The second-order valence-electron chi connectivity index (χ2n) is 8.35. The van der Waals surface area contributed by atoms with Crippen LogP contribution in [0.15, 0.2) is 30.5 Å². The molecular weight excluding hydrogens is 380 g/mol. The van der Waals surface area contributed by atoms with Gasteiger partial charge in [0.25, 0.3) is 0 Å². The summed E-state index contributed by atoms with van der Waals surface area (Å²) in [5.74, 6) is -0.141. The number of Topliss-reactive ketones (excluding diaryl/α,β-unsaturated/α-hetero) is 1. The summed E-state index contributed by atoms with van der Waals surface area (Å²) in [4.78, 5) is 28.2. The molecule has 160 valence electrons. The van der Waals surface area contributed by atoms with Gasteiger partial charge in [0.1, 0.15) is 5.69 Å². The monoisotopic (exact) mass is 410 g/mol. The van der Waals surface area contributed by atoms with Gasteiger partial charge >= 0.3 is 6.03 Å². The molecule has 0 spiro atoms. The van der Waals surface area contributed by atoms with E-state index in [0.29, 0.717) is 25.4 Å². The minimum absolute atomic E-state index is 0.141. The number of aryl methyl sites for hydroxylation is 1. The Morgan fingerprint density at radius 1 is 1.10 bits per heavy atom. The van der Waals surface area contributed by atoms with Gasteiger partial charge in [-0.25, -0.2) is 4.79 Å². The first-order valence-corrected chi connectivity index (χ1v) is 10.8. The van der Waals surface area contributed by atoms with Crippen LogP contribution in [-0.4, -0.2) is 58.8 Å². The van der Waals surface area contributed by atoms with Crippen molar-refractivity contribution in [2.24, 2.45) is 0 Å². The number of carbonyl (C=O) groups excluding carboxylic acids is 2. The topological polar surface area (TPSA) is 67.7 Å². The molecule has 0 aliphatic carbocycles. The zero-order valence-electron chi connectivity index (χ0n) is 17.8. The lowest BCUT2D eigenvalue weighted by atomic mass is 10.1. The van der Waals surface area contributed by atoms with Crippen LogP contribution >= 0.6 is 0 Å². The van der Waals surface area contributed by atoms with E-state index in [1.807, 2.05) is 0 Å². The van der Waals surface area contributed by atoms with Gasteiger partial charge in [-0.2, -0.15) is 9.78 Å². The summed E-state index contributed by atoms with van der Waals surface area (Å²) in [5, 5.41) is 4.07. The van der Waals surface area contributed by atoms with Gasteiger partial charge in [-0.3, -0.25) is 4.79 Å². The number of hydrogen-bond acceptors (Lipinski definition) is 5. The Morgan fingerprint density at radius 2 is 1.83 bits per heavy atom. The molecule has 30 heavy (non-hydrogen) atoms. The molecule has 1 aromatic carbocycles. The van der Waals surface area contributed by atoms with E-state index in [1.54, 1.807) is 17.2 Å². The summed E-state index contributed by atoms with van der Waals surface area (Å²) in [6.07, 6.45) is 5.85. The first-order chi connectivity index (χ1) is 14.5. The van der Waals surface area contributed by atoms with Gasteiger partial charge in [0.2, 0.25) is 0 Å². The molecule has 0 radical (unpaired) electrons. The number of piperidine rings is 1. The van der Waals surface area contributed by atoms with Gasteiger partial charge in [-0.1, -0.05) is 6.07 Å². The van der Waals surface area contributed by atoms with Crippen molar-refractivity contribution in [1.82, 2.24) is 14.7 Å². The second-order valence-corrected chi connectivity index (χ2v) is 8.35. The highest BCUT2D eigenvalue weighted by atomic mass is 16.5. The largest absolute Gasteiger partial charge is 0.373 e. The molecule has 2 fully saturated rings. The molecule has 3 heterocycles. The van der Waals surface area contributed by atoms with E-state index in [1.165, 1.54) is 41.3 Å². The van der Waals surface area contributed by atoms with Crippen LogP contribution < -0.4 is 4.90 Å². The predicted molar refractivity (Wildman–Crippen MR) is 115 cm³/mol. The summed E-state index contributed by atoms with van der Waals surface area (Å²) in [6, 6.07) is 8.10. The van der Waals surface area contributed by atoms with Crippen LogP contribution in [0.1, 0.15) is 54.2 Å². The Labute approximate surface area is 177 Å². The maximum Gasteiger partial charge on any atom is 0.344 e. The first-order valence-electron chi connectivity index (χ1n) is 10.8. The van der Waals surface area contributed by atoms with Crippen LogP contribution in [0.25, 0.3) is 0 Å². The minimum atomic E-state index is -0.185. The highest BCUT2D eigenvalue weighted by Gasteiger charge is 2.25. The Morgan fingerprint density at radius 3 is 2.50 bits per heavy atom. The molecule has 0 atom stereocenters. The molecule has 4 rings (SSSR count). The van der Waals surface area contributed by atoms with Crippen LogP contribution in [-0.2, 0) is 11.3 Å². The van der Waals surface area contributed by atoms with Crippen molar-refractivity contribution in [2.75, 3.05) is 31.1 Å². The zero-order chi connectivity index (χ0) is 21.1. The van der Waals surface area contributed by atoms with Gasteiger partial charge in [0.15, 0.2) is 5.78 Å². The molecule has 2 saturated heterocycles. The SMILES string of the molecule is CC(=O)c1ccn(C(=O)N2CCC(OCc3cc(C)cc(N4CCCC4)c3)CC2)n1. The van der Waals surface area contributed by atoms with Gasteiger partial charge in [0.05, 0.1) is 12.7 Å². The van der Waals surface area contributed by atoms with E-state index in [9.17, 15) is 9.59 Å². The fourth-order valence-corrected chi connectivity index (χ4v) is 4.27. The van der Waals surface area contributed by atoms with Crippen LogP contribution in [0, 0.1) is 6.92 Å². The summed E-state index contributed by atoms with van der Waals surface area (Å²) in [5.41, 5.74) is 4.09. The van der Waals surface area contributed by atoms with Gasteiger partial charge < -0.3 is 14.5 Å². The third-order valence-corrected chi connectivity index (χ3v) is 5.94. The highest BCUT2D eigenvalue weighted by Crippen LogP contribution is 2.24. The molecule has 2 aliphatic rings. The minimum Gasteiger partial charge on any atom is -0.373 e. The molecule has 1 amide bonds. The molecule has 0 saturated carbocycles. The normalized spacial score (nSPS) is 17.5. The standard InChI is InChI=1S/C23H30N4O3/c1-17-13-19(15-20(14-17)25-8-3-4-9-25)16-30-21-5-10-26(11-6-21)23(29)27-12-7-22(24-27)18(2)28/h7,12-15,21H,3-6,8-11,16H2,1-2H3. The van der Waals surface area contributed by atoms with Gasteiger partial charge in [0, 0.05) is 45.0 Å². The van der Waals surface area contributed by atoms with E-state index < -0.39 is 0 Å². The smallest absolute Gasteiger partial charge is 0.344 e. The van der Waals surface area contributed by atoms with E-state index in [0.717, 1.165) is 25.9 Å². The van der Waals surface area contributed by atoms with Gasteiger partial charge in [-0.15, -0.1) is 0 Å². The number of anilines is 1. The van der Waals surface area contributed by atoms with Crippen molar-refractivity contribution in [2.45, 2.75) is 52.2 Å². The van der Waals surface area contributed by atoms with Gasteiger partial charge in [-0.05, 0) is 61.9 Å². The summed E-state index contributed by atoms with van der Waals surface area (Å²) >= 11 is 0. The number of amides is 1. The Balaban J connectivity index is 1.29. The maximum absolute atomic E-state index is 12.6. The number of ether oxygens (including phenoxy) is 1. The molecule has 0 bridgehead atoms. The molecule has 2 aliphatic heterocycles. The Hall–Kier alpha value is -2.67. The average Bonchev–Trinajstić information content (AvgIpc) is 3.44. The highest BCUT2D eigenvalue weighted by molar-refractivity contribution is 5.92. The molecule has 7 heteroatoms. The summed E-state index contributed by atoms with van der Waals surface area (Å²) in [6.45, 7) is 7.72. The lowest BCUT2D eigenvalue weighted by Crippen LogP contribution is -2.43. The number of carbonyl (C=O) groups is 2. The van der Waals surface area contributed by atoms with Crippen LogP contribution in [0.4, 0.5) is 10.5 Å². The lowest BCUT2D eigenvalue weighted by molar-refractivity contribution is 0.00435. The van der Waals surface area contributed by atoms with E-state index in [-0.39, 0.29) is 17.9 Å². The zero-order valence-corrected chi connectivity index (χ0v) is 17.8. The number of nitrogens with zero attached hydrogens (tertiary/aromatic N) is 4. The predicted octanol–water partition coefficient (Wildman–Crippen LogP) is 3.64. The summed E-state index contributed by atoms with van der Waals surface area (Å²) in [7, 11) is 0. The Kier molecular flexibility index (Phi) is 6.18. The molecule has 0 N–H and O–H groups in total. The van der Waals surface area contributed by atoms with E-state index in [4.69, 9.17) is 4.74 Å². The van der Waals surface area contributed by atoms with Crippen LogP contribution in [0.5, 0.6) is 0 Å². The summed E-state index contributed by atoms with van der Waals surface area (Å²) < 4.78 is 7.44. The second kappa shape index (κ2) is 9.00. The maximum atomic E-state index is 12.6. The first kappa shape index (κ1) is 20.6. The average molecular weight is 411 g/mol. The fourth-order valence-electron chi connectivity index (χ4n) is 4.27. The lowest BCUT2D eigenvalue weighted by Gasteiger charge is -2.31. The number of hydrogen-bond donors (Lipinski definition) is 0. The number of aromatic nitrogens is 2. The molecule has 2 aromatic rings. The number of ketones is 1. The molecule has 1 aromatic heterocycles. The molecular formula is C23H30N4O3. The van der Waals surface area contributed by atoms with Crippen LogP contribution in [0.3, 0.4) is 0 Å². The van der Waals surface area contributed by atoms with Crippen LogP contribution in [0.2, 0.25) is 0 Å². The number of likely N-dealkylation sites (tertiary alicyclic amines) is 1. The van der Waals surface area contributed by atoms with Crippen molar-refractivity contribution >= 4 is 17.5 Å². The third kappa shape index (κ3) is 4.73. The van der Waals surface area contributed by atoms with Crippen molar-refractivity contribution in [3.63, 3.8) is 0 Å². The number of rotatable bonds is 5. The van der Waals surface area contributed by atoms with Crippen molar-refractivity contribution < 1.29 is 14.3 Å². The number of benzene rings is 1. The molecule has 7 nitrogen and oxygen atoms in total. The fraction of sp³-hybridized carbons (Fsp3) is 0.522. The van der Waals surface area contributed by atoms with E-state index in [2.05, 4.69) is 35.1 Å². The van der Waals surface area contributed by atoms with Crippen molar-refractivity contribution in [3.8, 4) is 0 Å². The van der Waals surface area contributed by atoms with Crippen molar-refractivity contribution in [1.29, 1.82) is 0 Å². The molecule has 0 unspecified atom stereocenters. The Bertz CT molecular complexity index is 909. The van der Waals surface area contributed by atoms with E-state index >= 15 is 0 Å². The quantitative estimate of drug-likeness (QED) is 0.704. The third-order valence-electron chi connectivity index (χ3n) is 5.94. The van der Waals surface area contributed by atoms with Crippen molar-refractivity contribution in [3.05, 3.63) is 47.3 Å².